The summed E-state index contributed by atoms with van der Waals surface area (Å²) >= 11 is 0. The van der Waals surface area contributed by atoms with Gasteiger partial charge in [0.05, 0.1) is 5.92 Å². The number of benzene rings is 1. The van der Waals surface area contributed by atoms with E-state index in [0.29, 0.717) is 0 Å². The summed E-state index contributed by atoms with van der Waals surface area (Å²) in [4.78, 5) is 14.3. The molecule has 20 heavy (non-hydrogen) atoms. The Labute approximate surface area is 124 Å². The Morgan fingerprint density at radius 3 is 2.85 bits per heavy atom. The van der Waals surface area contributed by atoms with Crippen LogP contribution in [0.25, 0.3) is 0 Å². The van der Waals surface area contributed by atoms with Gasteiger partial charge in [-0.25, -0.2) is 4.39 Å². The van der Waals surface area contributed by atoms with Crippen LogP contribution in [0.4, 0.5) is 4.39 Å². The fourth-order valence-corrected chi connectivity index (χ4v) is 2.97. The average Bonchev–Trinajstić information content (AvgIpc) is 2.74. The van der Waals surface area contributed by atoms with Crippen molar-refractivity contribution in [2.45, 2.75) is 25.3 Å². The maximum absolute atomic E-state index is 13.2. The summed E-state index contributed by atoms with van der Waals surface area (Å²) in [5, 5.41) is 3.14. The van der Waals surface area contributed by atoms with Crippen LogP contribution < -0.4 is 5.32 Å². The molecule has 1 aromatic rings. The molecule has 2 saturated heterocycles. The molecule has 0 spiro atoms. The predicted octanol–water partition coefficient (Wildman–Crippen LogP) is 2.00. The number of halogens is 2. The highest BCUT2D eigenvalue weighted by atomic mass is 35.5. The van der Waals surface area contributed by atoms with Crippen LogP contribution in [0.3, 0.4) is 0 Å². The molecule has 110 valence electrons. The molecule has 0 aliphatic carbocycles. The zero-order valence-electron chi connectivity index (χ0n) is 11.3. The summed E-state index contributed by atoms with van der Waals surface area (Å²) in [6, 6.07) is 6.96. The van der Waals surface area contributed by atoms with E-state index < -0.39 is 0 Å². The number of nitrogens with zero attached hydrogens (tertiary/aromatic N) is 1. The van der Waals surface area contributed by atoms with E-state index >= 15 is 0 Å². The number of hydrogen-bond donors (Lipinski definition) is 1. The van der Waals surface area contributed by atoms with Gasteiger partial charge in [-0.1, -0.05) is 12.1 Å². The molecule has 3 nitrogen and oxygen atoms in total. The van der Waals surface area contributed by atoms with Crippen LogP contribution in [-0.4, -0.2) is 36.5 Å². The smallest absolute Gasteiger partial charge is 0.228 e. The molecule has 1 amide bonds. The van der Waals surface area contributed by atoms with Crippen molar-refractivity contribution in [3.05, 3.63) is 35.6 Å². The fraction of sp³-hybridized carbons (Fsp3) is 0.533. The first-order valence-electron chi connectivity index (χ1n) is 6.99. The highest BCUT2D eigenvalue weighted by Crippen LogP contribution is 2.24. The molecule has 1 N–H and O–H groups in total. The molecule has 0 bridgehead atoms. The van der Waals surface area contributed by atoms with Crippen molar-refractivity contribution in [1.82, 2.24) is 10.2 Å². The average molecular weight is 299 g/mol. The first-order valence-corrected chi connectivity index (χ1v) is 6.99. The Morgan fingerprint density at radius 2 is 2.20 bits per heavy atom. The third-order valence-electron chi connectivity index (χ3n) is 4.15. The summed E-state index contributed by atoms with van der Waals surface area (Å²) in [6.07, 6.45) is 2.86. The van der Waals surface area contributed by atoms with E-state index in [4.69, 9.17) is 0 Å². The zero-order valence-corrected chi connectivity index (χ0v) is 12.2. The van der Waals surface area contributed by atoms with Crippen LogP contribution in [0.2, 0.25) is 0 Å². The maximum Gasteiger partial charge on any atom is 0.228 e. The maximum atomic E-state index is 13.2. The van der Waals surface area contributed by atoms with E-state index in [1.54, 1.807) is 12.1 Å². The first kappa shape index (κ1) is 15.3. The highest BCUT2D eigenvalue weighted by Gasteiger charge is 2.35. The second kappa shape index (κ2) is 6.55. The third-order valence-corrected chi connectivity index (χ3v) is 4.15. The quantitative estimate of drug-likeness (QED) is 0.926. The number of carbonyl (C=O) groups excluding carboxylic acids is 1. The van der Waals surface area contributed by atoms with E-state index in [-0.39, 0.29) is 36.1 Å². The standard InChI is InChI=1S/C15H19FN2O.ClH/c16-13-4-1-3-11(7-13)8-14-5-2-6-18(14)15(19)12-9-17-10-12;/h1,3-4,7,12,14,17H,2,5-6,8-10H2;1H. The monoisotopic (exact) mass is 298 g/mol. The van der Waals surface area contributed by atoms with E-state index in [9.17, 15) is 9.18 Å². The SMILES string of the molecule is Cl.O=C(C1CNC1)N1CCCC1Cc1cccc(F)c1. The number of nitrogens with one attached hydrogen (secondary N) is 1. The minimum Gasteiger partial charge on any atom is -0.339 e. The summed E-state index contributed by atoms with van der Waals surface area (Å²) in [5.74, 6) is 0.238. The van der Waals surface area contributed by atoms with Gasteiger partial charge >= 0.3 is 0 Å². The van der Waals surface area contributed by atoms with Crippen LogP contribution >= 0.6 is 12.4 Å². The Hall–Kier alpha value is -1.13. The second-order valence-corrected chi connectivity index (χ2v) is 5.52. The summed E-state index contributed by atoms with van der Waals surface area (Å²) in [6.45, 7) is 2.47. The van der Waals surface area contributed by atoms with Crippen molar-refractivity contribution < 1.29 is 9.18 Å². The van der Waals surface area contributed by atoms with Crippen molar-refractivity contribution in [3.8, 4) is 0 Å². The van der Waals surface area contributed by atoms with Crippen molar-refractivity contribution >= 4 is 18.3 Å². The summed E-state index contributed by atoms with van der Waals surface area (Å²) in [5.41, 5.74) is 0.983. The van der Waals surface area contributed by atoms with Gasteiger partial charge in [-0.2, -0.15) is 0 Å². The van der Waals surface area contributed by atoms with Gasteiger partial charge in [0.15, 0.2) is 0 Å². The summed E-state index contributed by atoms with van der Waals surface area (Å²) in [7, 11) is 0. The lowest BCUT2D eigenvalue weighted by atomic mass is 9.99. The molecule has 2 aliphatic heterocycles. The molecule has 0 aromatic heterocycles. The molecule has 1 aromatic carbocycles. The molecule has 2 heterocycles. The fourth-order valence-electron chi connectivity index (χ4n) is 2.97. The second-order valence-electron chi connectivity index (χ2n) is 5.52. The third kappa shape index (κ3) is 3.13. The Kier molecular flexibility index (Phi) is 5.00. The van der Waals surface area contributed by atoms with Gasteiger partial charge in [0.1, 0.15) is 5.82 Å². The molecule has 0 saturated carbocycles. The van der Waals surface area contributed by atoms with Gasteiger partial charge in [-0.05, 0) is 37.0 Å². The normalized spacial score (nSPS) is 22.2. The van der Waals surface area contributed by atoms with Gasteiger partial charge in [-0.15, -0.1) is 12.4 Å². The number of hydrogen-bond acceptors (Lipinski definition) is 2. The lowest BCUT2D eigenvalue weighted by molar-refractivity contribution is -0.137. The van der Waals surface area contributed by atoms with Gasteiger partial charge in [0.25, 0.3) is 0 Å². The first-order chi connectivity index (χ1) is 9.24. The lowest BCUT2D eigenvalue weighted by Crippen LogP contribution is -2.53. The molecule has 1 unspecified atom stereocenters. The van der Waals surface area contributed by atoms with Gasteiger partial charge in [0.2, 0.25) is 5.91 Å². The summed E-state index contributed by atoms with van der Waals surface area (Å²) < 4.78 is 13.2. The number of carbonyl (C=O) groups is 1. The number of amides is 1. The molecule has 5 heteroatoms. The van der Waals surface area contributed by atoms with Crippen molar-refractivity contribution in [3.63, 3.8) is 0 Å². The van der Waals surface area contributed by atoms with Crippen LogP contribution in [0.5, 0.6) is 0 Å². The van der Waals surface area contributed by atoms with E-state index in [0.717, 1.165) is 44.5 Å². The topological polar surface area (TPSA) is 32.3 Å². The molecule has 2 aliphatic rings. The molecule has 1 atom stereocenters. The van der Waals surface area contributed by atoms with Gasteiger partial charge in [-0.3, -0.25) is 4.79 Å². The molecular formula is C15H20ClFN2O. The molecule has 0 radical (unpaired) electrons. The molecule has 3 rings (SSSR count). The largest absolute Gasteiger partial charge is 0.339 e. The number of likely N-dealkylation sites (tertiary alicyclic amines) is 1. The molecule has 2 fully saturated rings. The van der Waals surface area contributed by atoms with Gasteiger partial charge < -0.3 is 10.2 Å². The lowest BCUT2D eigenvalue weighted by Gasteiger charge is -2.33. The van der Waals surface area contributed by atoms with Crippen molar-refractivity contribution in [2.75, 3.05) is 19.6 Å². The van der Waals surface area contributed by atoms with E-state index in [1.165, 1.54) is 6.07 Å². The Bertz CT molecular complexity index is 479. The van der Waals surface area contributed by atoms with Crippen LogP contribution in [0, 0.1) is 11.7 Å². The van der Waals surface area contributed by atoms with Crippen LogP contribution in [0.1, 0.15) is 18.4 Å². The van der Waals surface area contributed by atoms with Crippen LogP contribution in [0.15, 0.2) is 24.3 Å². The van der Waals surface area contributed by atoms with Crippen molar-refractivity contribution in [2.24, 2.45) is 5.92 Å². The van der Waals surface area contributed by atoms with Crippen LogP contribution in [-0.2, 0) is 11.2 Å². The predicted molar refractivity (Wildman–Crippen MR) is 78.4 cm³/mol. The van der Waals surface area contributed by atoms with E-state index in [1.807, 2.05) is 11.0 Å². The number of rotatable bonds is 3. The Balaban J connectivity index is 0.00000147. The van der Waals surface area contributed by atoms with Crippen molar-refractivity contribution in [1.29, 1.82) is 0 Å². The van der Waals surface area contributed by atoms with Gasteiger partial charge in [0, 0.05) is 25.7 Å². The minimum absolute atomic E-state index is 0. The van der Waals surface area contributed by atoms with E-state index in [2.05, 4.69) is 5.32 Å². The highest BCUT2D eigenvalue weighted by molar-refractivity contribution is 5.85. The minimum atomic E-state index is -0.198. The Morgan fingerprint density at radius 1 is 1.40 bits per heavy atom. The molecular weight excluding hydrogens is 279 g/mol. The zero-order chi connectivity index (χ0) is 13.2.